The largest absolute Gasteiger partial charge is 0.457 e. The lowest BCUT2D eigenvalue weighted by Crippen LogP contribution is -2.32. The molecular weight excluding hydrogens is 595 g/mol. The van der Waals surface area contributed by atoms with Crippen LogP contribution in [0, 0.1) is 0 Å². The highest BCUT2D eigenvalue weighted by atomic mass is 16.5. The first kappa shape index (κ1) is 26.7. The van der Waals surface area contributed by atoms with Crippen molar-refractivity contribution in [1.29, 1.82) is 0 Å². The molecule has 1 aromatic heterocycles. The number of hydrogen-bond donors (Lipinski definition) is 0. The highest BCUT2D eigenvalue weighted by Gasteiger charge is 2.51. The Bertz CT molecular complexity index is 2760. The van der Waals surface area contributed by atoms with Crippen molar-refractivity contribution >= 4 is 32.6 Å². The van der Waals surface area contributed by atoms with Crippen LogP contribution in [0.1, 0.15) is 22.3 Å². The zero-order valence-corrected chi connectivity index (χ0v) is 26.6. The lowest BCUT2D eigenvalue weighted by atomic mass is 9.65. The van der Waals surface area contributed by atoms with E-state index in [4.69, 9.17) is 4.74 Å². The molecule has 0 fully saturated rings. The minimum absolute atomic E-state index is 0.495. The van der Waals surface area contributed by atoms with Crippen molar-refractivity contribution in [2.45, 2.75) is 5.41 Å². The Kier molecular flexibility index (Phi) is 5.34. The molecule has 2 heterocycles. The molecule has 0 N–H and O–H groups in total. The fraction of sp³-hybridized carbons (Fsp3) is 0.0213. The van der Waals surface area contributed by atoms with E-state index in [0.29, 0.717) is 0 Å². The number of rotatable bonds is 2. The molecule has 9 aromatic rings. The lowest BCUT2D eigenvalue weighted by molar-refractivity contribution is 0.436. The minimum Gasteiger partial charge on any atom is -0.457 e. The van der Waals surface area contributed by atoms with E-state index in [1.54, 1.807) is 0 Å². The first-order valence-electron chi connectivity index (χ1n) is 16.9. The summed E-state index contributed by atoms with van der Waals surface area (Å²) in [7, 11) is 0. The molecule has 49 heavy (non-hydrogen) atoms. The van der Waals surface area contributed by atoms with Crippen LogP contribution in [-0.4, -0.2) is 4.57 Å². The Morgan fingerprint density at radius 3 is 1.86 bits per heavy atom. The topological polar surface area (TPSA) is 14.2 Å². The van der Waals surface area contributed by atoms with Gasteiger partial charge in [-0.3, -0.25) is 0 Å². The second kappa shape index (κ2) is 9.82. The normalized spacial score (nSPS) is 13.6. The van der Waals surface area contributed by atoms with Crippen LogP contribution in [0.25, 0.3) is 60.5 Å². The molecule has 228 valence electrons. The Morgan fingerprint density at radius 2 is 1.04 bits per heavy atom. The van der Waals surface area contributed by atoms with E-state index in [0.717, 1.165) is 17.2 Å². The number of hydrogen-bond acceptors (Lipinski definition) is 1. The van der Waals surface area contributed by atoms with Crippen LogP contribution in [0.15, 0.2) is 176 Å². The van der Waals surface area contributed by atoms with E-state index in [1.807, 2.05) is 0 Å². The third-order valence-corrected chi connectivity index (χ3v) is 10.8. The molecule has 2 nitrogen and oxygen atoms in total. The van der Waals surface area contributed by atoms with Gasteiger partial charge < -0.3 is 9.30 Å². The molecule has 8 aromatic carbocycles. The molecule has 0 saturated heterocycles. The minimum atomic E-state index is -0.495. The van der Waals surface area contributed by atoms with Crippen molar-refractivity contribution in [2.75, 3.05) is 0 Å². The van der Waals surface area contributed by atoms with Crippen LogP contribution in [0.5, 0.6) is 11.5 Å². The van der Waals surface area contributed by atoms with Crippen molar-refractivity contribution in [3.05, 3.63) is 198 Å². The fourth-order valence-electron chi connectivity index (χ4n) is 8.87. The van der Waals surface area contributed by atoms with Gasteiger partial charge in [-0.05, 0) is 92.7 Å². The van der Waals surface area contributed by atoms with Gasteiger partial charge in [-0.25, -0.2) is 0 Å². The average Bonchev–Trinajstić information content (AvgIpc) is 3.64. The Morgan fingerprint density at radius 1 is 0.388 bits per heavy atom. The van der Waals surface area contributed by atoms with E-state index < -0.39 is 5.41 Å². The number of para-hydroxylation sites is 3. The van der Waals surface area contributed by atoms with Crippen LogP contribution in [0.3, 0.4) is 0 Å². The molecule has 2 heteroatoms. The van der Waals surface area contributed by atoms with Gasteiger partial charge in [-0.15, -0.1) is 0 Å². The molecule has 0 saturated carbocycles. The number of fused-ring (bicyclic) bond motifs is 13. The van der Waals surface area contributed by atoms with Gasteiger partial charge in [0.2, 0.25) is 0 Å². The van der Waals surface area contributed by atoms with E-state index in [9.17, 15) is 0 Å². The Labute approximate surface area is 284 Å². The maximum absolute atomic E-state index is 6.73. The van der Waals surface area contributed by atoms with E-state index >= 15 is 0 Å². The second-order valence-corrected chi connectivity index (χ2v) is 13.2. The summed E-state index contributed by atoms with van der Waals surface area (Å²) in [6.45, 7) is 0. The maximum atomic E-state index is 6.73. The second-order valence-electron chi connectivity index (χ2n) is 13.2. The zero-order valence-electron chi connectivity index (χ0n) is 26.6. The fourth-order valence-corrected chi connectivity index (χ4v) is 8.87. The molecule has 2 aliphatic rings. The predicted octanol–water partition coefficient (Wildman–Crippen LogP) is 12.1. The summed E-state index contributed by atoms with van der Waals surface area (Å²) in [4.78, 5) is 0. The Hall–Kier alpha value is -6.38. The first-order chi connectivity index (χ1) is 24.3. The molecule has 1 aliphatic heterocycles. The molecule has 0 atom stereocenters. The quantitative estimate of drug-likeness (QED) is 0.187. The van der Waals surface area contributed by atoms with Crippen LogP contribution in [0.4, 0.5) is 0 Å². The van der Waals surface area contributed by atoms with Crippen molar-refractivity contribution in [1.82, 2.24) is 4.57 Å². The van der Waals surface area contributed by atoms with Crippen molar-refractivity contribution in [3.63, 3.8) is 0 Å². The molecule has 0 radical (unpaired) electrons. The summed E-state index contributed by atoms with van der Waals surface area (Å²) in [5, 5.41) is 4.98. The molecule has 0 unspecified atom stereocenters. The maximum Gasteiger partial charge on any atom is 0.132 e. The zero-order chi connectivity index (χ0) is 32.1. The van der Waals surface area contributed by atoms with Gasteiger partial charge in [0.25, 0.3) is 0 Å². The summed E-state index contributed by atoms with van der Waals surface area (Å²) in [5.41, 5.74) is 13.0. The summed E-state index contributed by atoms with van der Waals surface area (Å²) >= 11 is 0. The number of ether oxygens (including phenoxy) is 1. The number of benzene rings is 8. The van der Waals surface area contributed by atoms with Gasteiger partial charge >= 0.3 is 0 Å². The lowest BCUT2D eigenvalue weighted by Gasteiger charge is -2.39. The summed E-state index contributed by atoms with van der Waals surface area (Å²) in [6.07, 6.45) is 0. The smallest absolute Gasteiger partial charge is 0.132 e. The summed E-state index contributed by atoms with van der Waals surface area (Å²) < 4.78 is 9.13. The van der Waals surface area contributed by atoms with Crippen LogP contribution in [-0.2, 0) is 5.41 Å². The van der Waals surface area contributed by atoms with Crippen molar-refractivity contribution < 1.29 is 4.74 Å². The van der Waals surface area contributed by atoms with Gasteiger partial charge in [0.05, 0.1) is 16.4 Å². The van der Waals surface area contributed by atoms with E-state index in [1.165, 1.54) is 77.1 Å². The highest BCUT2D eigenvalue weighted by Crippen LogP contribution is 2.62. The van der Waals surface area contributed by atoms with Gasteiger partial charge in [-0.2, -0.15) is 0 Å². The SMILES string of the molecule is c1ccc(-n2c3ccccc3c3cc4cccc(-c5ccc6c(c5)C5(c7ccccc7O6)c6ccccc6-c6ccccc65)c4cc32)cc1. The van der Waals surface area contributed by atoms with Crippen LogP contribution < -0.4 is 4.74 Å². The van der Waals surface area contributed by atoms with E-state index in [2.05, 4.69) is 180 Å². The molecule has 0 bridgehead atoms. The van der Waals surface area contributed by atoms with Gasteiger partial charge in [0.15, 0.2) is 0 Å². The molecular formula is C47H29NO. The standard InChI is InChI=1S/C47H29NO/c1-2-14-32(15-3-1)48-43-23-10-6-18-36(43)38-27-30-13-12-19-33(37(30)29-44(38)48)31-25-26-46-42(28-31)47(41-22-9-11-24-45(41)49-46)39-20-7-4-16-34(39)35-17-5-8-21-40(35)47/h1-29H. The third kappa shape index (κ3) is 3.50. The third-order valence-electron chi connectivity index (χ3n) is 10.8. The molecule has 1 aliphatic carbocycles. The van der Waals surface area contributed by atoms with E-state index in [-0.39, 0.29) is 0 Å². The van der Waals surface area contributed by atoms with Crippen LogP contribution >= 0.6 is 0 Å². The van der Waals surface area contributed by atoms with Gasteiger partial charge in [0, 0.05) is 27.6 Å². The molecule has 0 amide bonds. The number of aromatic nitrogens is 1. The number of nitrogens with zero attached hydrogens (tertiary/aromatic N) is 1. The predicted molar refractivity (Wildman–Crippen MR) is 201 cm³/mol. The molecule has 1 spiro atoms. The van der Waals surface area contributed by atoms with Gasteiger partial charge in [0.1, 0.15) is 11.5 Å². The van der Waals surface area contributed by atoms with Crippen molar-refractivity contribution in [3.8, 4) is 39.4 Å². The first-order valence-corrected chi connectivity index (χ1v) is 16.9. The monoisotopic (exact) mass is 623 g/mol. The highest BCUT2D eigenvalue weighted by molar-refractivity contribution is 6.15. The van der Waals surface area contributed by atoms with Gasteiger partial charge in [-0.1, -0.05) is 127 Å². The summed E-state index contributed by atoms with van der Waals surface area (Å²) in [6, 6.07) is 64.1. The van der Waals surface area contributed by atoms with Crippen LogP contribution in [0.2, 0.25) is 0 Å². The Balaban J connectivity index is 1.21. The molecule has 11 rings (SSSR count). The average molecular weight is 624 g/mol. The summed E-state index contributed by atoms with van der Waals surface area (Å²) in [5.74, 6) is 1.82. The van der Waals surface area contributed by atoms with Crippen molar-refractivity contribution in [2.24, 2.45) is 0 Å².